The molecule has 1 rings (SSSR count). The molecule has 1 heterocycles. The number of rotatable bonds is 0. The molecule has 0 aliphatic heterocycles. The molecule has 0 atom stereocenters. The van der Waals surface area contributed by atoms with E-state index < -0.39 is 0 Å². The zero-order valence-corrected chi connectivity index (χ0v) is 5.04. The molecule has 50 valence electrons. The first kappa shape index (κ1) is 7.71. The van der Waals surface area contributed by atoms with E-state index in [1.54, 1.807) is 24.4 Å². The summed E-state index contributed by atoms with van der Waals surface area (Å²) >= 11 is 0. The van der Waals surface area contributed by atoms with Crippen LogP contribution in [-0.2, 0) is 0 Å². The lowest BCUT2D eigenvalue weighted by Gasteiger charge is -1.92. The average molecular weight is 126 g/mol. The van der Waals surface area contributed by atoms with E-state index in [0.717, 1.165) is 0 Å². The summed E-state index contributed by atoms with van der Waals surface area (Å²) in [6.07, 6.45) is 1.63. The van der Waals surface area contributed by atoms with Crippen LogP contribution in [0.3, 0.4) is 0 Å². The van der Waals surface area contributed by atoms with Crippen molar-refractivity contribution in [2.75, 3.05) is 5.84 Å². The highest BCUT2D eigenvalue weighted by molar-refractivity contribution is 4.90. The van der Waals surface area contributed by atoms with Gasteiger partial charge in [-0.05, 0) is 12.1 Å². The van der Waals surface area contributed by atoms with Gasteiger partial charge >= 0.3 is 0 Å². The Kier molecular flexibility index (Phi) is 2.47. The van der Waals surface area contributed by atoms with Gasteiger partial charge in [-0.2, -0.15) is 0 Å². The predicted octanol–water partition coefficient (Wildman–Crippen LogP) is -0.157. The van der Waals surface area contributed by atoms with Gasteiger partial charge in [0.05, 0.1) is 0 Å². The Hall–Kier alpha value is -1.29. The maximum atomic E-state index is 7.06. The lowest BCUT2D eigenvalue weighted by molar-refractivity contribution is 0.880. The van der Waals surface area contributed by atoms with Crippen molar-refractivity contribution < 1.29 is 0 Å². The fraction of sp³-hybridized carbons (Fsp3) is 0. The van der Waals surface area contributed by atoms with Crippen molar-refractivity contribution >= 4 is 0 Å². The molecule has 4 heteroatoms. The molecule has 0 unspecified atom stereocenters. The Balaban J connectivity index is 0.000000640. The molecule has 0 spiro atoms. The molecule has 1 aromatic rings. The number of nitrogens with zero attached hydrogens (tertiary/aromatic N) is 1. The van der Waals surface area contributed by atoms with Crippen molar-refractivity contribution in [1.29, 1.82) is 5.41 Å². The van der Waals surface area contributed by atoms with Crippen LogP contribution in [0.4, 0.5) is 0 Å². The van der Waals surface area contributed by atoms with Gasteiger partial charge in [-0.3, -0.25) is 10.1 Å². The quantitative estimate of drug-likeness (QED) is 0.422. The van der Waals surface area contributed by atoms with Crippen molar-refractivity contribution in [2.24, 2.45) is 0 Å². The first-order valence-corrected chi connectivity index (χ1v) is 2.28. The molecule has 0 saturated carbocycles. The number of nitrogens with two attached hydrogens (primary N) is 1. The third-order valence-corrected chi connectivity index (χ3v) is 0.890. The second-order valence-corrected chi connectivity index (χ2v) is 1.49. The molecule has 0 aromatic carbocycles. The summed E-state index contributed by atoms with van der Waals surface area (Å²) in [5.41, 5.74) is 0.313. The third kappa shape index (κ3) is 1.58. The van der Waals surface area contributed by atoms with Crippen LogP contribution in [0.2, 0.25) is 0 Å². The van der Waals surface area contributed by atoms with E-state index in [9.17, 15) is 0 Å². The Morgan fingerprint density at radius 1 is 1.44 bits per heavy atom. The fourth-order valence-electron chi connectivity index (χ4n) is 0.455. The van der Waals surface area contributed by atoms with E-state index in [-0.39, 0.29) is 6.15 Å². The van der Waals surface area contributed by atoms with Gasteiger partial charge in [-0.25, -0.2) is 0 Å². The van der Waals surface area contributed by atoms with Gasteiger partial charge in [0.1, 0.15) is 5.49 Å². The predicted molar refractivity (Wildman–Crippen MR) is 35.5 cm³/mol. The lowest BCUT2D eigenvalue weighted by Crippen LogP contribution is -2.24. The fourth-order valence-corrected chi connectivity index (χ4v) is 0.455. The number of pyridine rings is 1. The maximum Gasteiger partial charge on any atom is 0.143 e. The number of hydrogen-bond acceptors (Lipinski definition) is 3. The van der Waals surface area contributed by atoms with Crippen molar-refractivity contribution in [3.05, 3.63) is 29.9 Å². The van der Waals surface area contributed by atoms with Gasteiger partial charge in [0.2, 0.25) is 0 Å². The van der Waals surface area contributed by atoms with Crippen LogP contribution < -0.4 is 17.5 Å². The van der Waals surface area contributed by atoms with Gasteiger partial charge in [0, 0.05) is 6.20 Å². The van der Waals surface area contributed by atoms with Crippen LogP contribution >= 0.6 is 0 Å². The zero-order valence-electron chi connectivity index (χ0n) is 5.04. The number of hydrogen-bond donors (Lipinski definition) is 3. The minimum absolute atomic E-state index is 0. The first-order chi connectivity index (χ1) is 3.80. The molecule has 0 aliphatic rings. The summed E-state index contributed by atoms with van der Waals surface area (Å²) in [4.78, 5) is 0. The van der Waals surface area contributed by atoms with Crippen LogP contribution in [0.15, 0.2) is 24.4 Å². The summed E-state index contributed by atoms with van der Waals surface area (Å²) in [5.74, 6) is 5.25. The minimum atomic E-state index is 0. The molecule has 0 fully saturated rings. The molecule has 9 heavy (non-hydrogen) atoms. The van der Waals surface area contributed by atoms with Crippen molar-refractivity contribution in [3.8, 4) is 0 Å². The van der Waals surface area contributed by atoms with Gasteiger partial charge < -0.3 is 12.0 Å². The molecule has 1 aromatic heterocycles. The summed E-state index contributed by atoms with van der Waals surface area (Å²) in [7, 11) is 0. The van der Waals surface area contributed by atoms with E-state index in [0.29, 0.717) is 5.49 Å². The van der Waals surface area contributed by atoms with E-state index in [1.807, 2.05) is 0 Å². The molecule has 0 saturated heterocycles. The molecule has 0 amide bonds. The molecule has 0 aliphatic carbocycles. The van der Waals surface area contributed by atoms with E-state index in [2.05, 4.69) is 0 Å². The van der Waals surface area contributed by atoms with Gasteiger partial charge in [-0.1, -0.05) is 6.07 Å². The summed E-state index contributed by atoms with van der Waals surface area (Å²) in [5, 5.41) is 7.06. The topological polar surface area (TPSA) is 89.8 Å². The third-order valence-electron chi connectivity index (χ3n) is 0.890. The Morgan fingerprint density at radius 2 is 2.11 bits per heavy atom. The Bertz CT molecular complexity index is 226. The highest BCUT2D eigenvalue weighted by Crippen LogP contribution is 1.70. The minimum Gasteiger partial charge on any atom is -0.344 e. The van der Waals surface area contributed by atoms with E-state index in [4.69, 9.17) is 11.3 Å². The smallest absolute Gasteiger partial charge is 0.143 e. The second kappa shape index (κ2) is 2.88. The number of aromatic nitrogens is 1. The monoisotopic (exact) mass is 126 g/mol. The molecular formula is C5H10N4. The van der Waals surface area contributed by atoms with E-state index in [1.165, 1.54) is 4.68 Å². The van der Waals surface area contributed by atoms with E-state index >= 15 is 0 Å². The maximum absolute atomic E-state index is 7.06. The van der Waals surface area contributed by atoms with Gasteiger partial charge in [0.15, 0.2) is 0 Å². The van der Waals surface area contributed by atoms with Gasteiger partial charge in [0.25, 0.3) is 0 Å². The molecule has 0 radical (unpaired) electrons. The lowest BCUT2D eigenvalue weighted by atomic mass is 10.5. The van der Waals surface area contributed by atoms with Crippen molar-refractivity contribution in [3.63, 3.8) is 0 Å². The SMILES string of the molecule is N.N=c1ccccn1N. The Morgan fingerprint density at radius 3 is 2.44 bits per heavy atom. The molecule has 4 nitrogen and oxygen atoms in total. The summed E-state index contributed by atoms with van der Waals surface area (Å²) in [6.45, 7) is 0. The number of nitrogen functional groups attached to an aromatic ring is 1. The standard InChI is InChI=1S/C5H7N3.H3N/c6-5-3-1-2-4-8(5)7;/h1-4,6H,7H2;1H3. The largest absolute Gasteiger partial charge is 0.344 e. The van der Waals surface area contributed by atoms with Crippen LogP contribution in [0, 0.1) is 5.41 Å². The number of nitrogens with one attached hydrogen (secondary N) is 1. The van der Waals surface area contributed by atoms with Crippen molar-refractivity contribution in [1.82, 2.24) is 10.8 Å². The highest BCUT2D eigenvalue weighted by atomic mass is 15.3. The highest BCUT2D eigenvalue weighted by Gasteiger charge is 1.75. The second-order valence-electron chi connectivity index (χ2n) is 1.49. The van der Waals surface area contributed by atoms with Gasteiger partial charge in [-0.15, -0.1) is 0 Å². The van der Waals surface area contributed by atoms with Crippen LogP contribution in [-0.4, -0.2) is 4.68 Å². The normalized spacial score (nSPS) is 8.00. The molecule has 0 bridgehead atoms. The van der Waals surface area contributed by atoms with Crippen LogP contribution in [0.1, 0.15) is 0 Å². The average Bonchev–Trinajstić information content (AvgIpc) is 1.77. The van der Waals surface area contributed by atoms with Crippen molar-refractivity contribution in [2.45, 2.75) is 0 Å². The summed E-state index contributed by atoms with van der Waals surface area (Å²) < 4.78 is 1.25. The van der Waals surface area contributed by atoms with Crippen LogP contribution in [0.25, 0.3) is 0 Å². The zero-order chi connectivity index (χ0) is 5.98. The Labute approximate surface area is 53.0 Å². The molecular weight excluding hydrogens is 116 g/mol. The summed E-state index contributed by atoms with van der Waals surface area (Å²) in [6, 6.07) is 5.17. The molecule has 6 N–H and O–H groups in total. The van der Waals surface area contributed by atoms with Crippen LogP contribution in [0.5, 0.6) is 0 Å². The first-order valence-electron chi connectivity index (χ1n) is 2.28.